The highest BCUT2D eigenvalue weighted by Crippen LogP contribution is 2.35. The fourth-order valence-corrected chi connectivity index (χ4v) is 1.26. The van der Waals surface area contributed by atoms with E-state index in [4.69, 9.17) is 11.4 Å². The molecule has 0 heterocycles. The van der Waals surface area contributed by atoms with Crippen LogP contribution in [0.3, 0.4) is 0 Å². The Morgan fingerprint density at radius 3 is 2.28 bits per heavy atom. The minimum Gasteiger partial charge on any atom is -0.475 e. The van der Waals surface area contributed by atoms with Crippen LogP contribution in [-0.2, 0) is 18.7 Å². The van der Waals surface area contributed by atoms with Gasteiger partial charge in [0.05, 0.1) is 12.7 Å². The summed E-state index contributed by atoms with van der Waals surface area (Å²) in [5.41, 5.74) is 0. The summed E-state index contributed by atoms with van der Waals surface area (Å²) in [4.78, 5) is 32.8. The summed E-state index contributed by atoms with van der Waals surface area (Å²) in [5, 5.41) is 36.1. The van der Waals surface area contributed by atoms with Gasteiger partial charge in [-0.1, -0.05) is 0 Å². The first-order valence-corrected chi connectivity index (χ1v) is 6.03. The maximum atomic E-state index is 10.7. The lowest BCUT2D eigenvalue weighted by molar-refractivity contribution is -0.151. The highest BCUT2D eigenvalue weighted by Gasteiger charge is 2.30. The second-order valence-corrected chi connectivity index (χ2v) is 4.52. The number of hydrogen-bond acceptors (Lipinski definition) is 8. The Bertz CT molecular complexity index is 373. The molecule has 0 aromatic rings. The summed E-state index contributed by atoms with van der Waals surface area (Å²) >= 11 is 0. The van der Waals surface area contributed by atoms with Crippen LogP contribution < -0.4 is 0 Å². The Labute approximate surface area is 102 Å². The summed E-state index contributed by atoms with van der Waals surface area (Å²) in [6.45, 7) is -0.980. The van der Waals surface area contributed by atoms with Gasteiger partial charge in [-0.2, -0.15) is 0 Å². The Morgan fingerprint density at radius 1 is 1.28 bits per heavy atom. The average molecular weight is 289 g/mol. The van der Waals surface area contributed by atoms with E-state index in [1.165, 1.54) is 0 Å². The van der Waals surface area contributed by atoms with Crippen molar-refractivity contribution in [3.63, 3.8) is 0 Å². The van der Waals surface area contributed by atoms with Gasteiger partial charge < -0.3 is 30.2 Å². The van der Waals surface area contributed by atoms with Crippen LogP contribution in [0.15, 0.2) is 0 Å². The predicted octanol–water partition coefficient (Wildman–Crippen LogP) is -2.78. The molecule has 0 aromatic heterocycles. The number of Topliss-reactive ketones (excluding diaryl/α,β-unsaturated/α-hetero) is 1. The van der Waals surface area contributed by atoms with E-state index in [9.17, 15) is 29.5 Å². The summed E-state index contributed by atoms with van der Waals surface area (Å²) < 4.78 is 20.9. The summed E-state index contributed by atoms with van der Waals surface area (Å²) in [6, 6.07) is 0. The molecule has 0 saturated carbocycles. The fraction of sp³-hybridized carbons (Fsp3) is 0.714. The molecule has 6 N–H and O–H groups in total. The van der Waals surface area contributed by atoms with Crippen molar-refractivity contribution in [1.82, 2.24) is 0 Å². The molecule has 0 aliphatic carbocycles. The van der Waals surface area contributed by atoms with Crippen molar-refractivity contribution in [2.75, 3.05) is 6.61 Å². The molecule has 11 heteroatoms. The van der Waals surface area contributed by atoms with E-state index in [0.717, 1.165) is 0 Å². The number of aliphatic carboxylic acids is 1. The van der Waals surface area contributed by atoms with Crippen LogP contribution in [0.2, 0.25) is 0 Å². The van der Waals surface area contributed by atoms with Crippen molar-refractivity contribution in [2.24, 2.45) is 0 Å². The minimum atomic E-state index is -4.69. The van der Waals surface area contributed by atoms with Crippen molar-refractivity contribution in [3.8, 4) is 0 Å². The number of carboxylic acid groups (broad SMARTS) is 1. The number of aliphatic hydroxyl groups is 3. The van der Waals surface area contributed by atoms with Gasteiger partial charge in [0.15, 0.2) is 0 Å². The van der Waals surface area contributed by atoms with Crippen LogP contribution in [0, 0.1) is 0 Å². The van der Waals surface area contributed by atoms with Crippen LogP contribution >= 0.6 is 7.82 Å². The van der Waals surface area contributed by atoms with E-state index in [1.54, 1.807) is 0 Å². The summed E-state index contributed by atoms with van der Waals surface area (Å²) in [6.07, 6.45) is -6.75. The maximum Gasteiger partial charge on any atom is 0.469 e. The van der Waals surface area contributed by atoms with Gasteiger partial charge in [-0.05, 0) is 0 Å². The third-order valence-electron chi connectivity index (χ3n) is 1.83. The lowest BCUT2D eigenvalue weighted by Gasteiger charge is -2.21. The van der Waals surface area contributed by atoms with E-state index in [1.807, 2.05) is 0 Å². The van der Waals surface area contributed by atoms with Gasteiger partial charge in [-0.3, -0.25) is 9.32 Å². The molecule has 0 rings (SSSR count). The molecular weight excluding hydrogens is 275 g/mol. The van der Waals surface area contributed by atoms with Gasteiger partial charge in [0.1, 0.15) is 12.2 Å². The molecule has 0 fully saturated rings. The number of phosphoric acid groups is 1. The highest BCUT2D eigenvalue weighted by molar-refractivity contribution is 7.46. The van der Waals surface area contributed by atoms with E-state index in [0.29, 0.717) is 0 Å². The van der Waals surface area contributed by atoms with Gasteiger partial charge >= 0.3 is 13.8 Å². The third kappa shape index (κ3) is 6.77. The minimum absolute atomic E-state index is 0.959. The molecule has 0 aromatic carbocycles. The summed E-state index contributed by atoms with van der Waals surface area (Å²) in [5.74, 6) is -3.21. The number of aliphatic hydroxyl groups excluding tert-OH is 3. The van der Waals surface area contributed by atoms with Crippen LogP contribution in [0.25, 0.3) is 0 Å². The molecular formula is C7H13O10P. The summed E-state index contributed by atoms with van der Waals surface area (Å²) in [7, 11) is -4.69. The fourth-order valence-electron chi connectivity index (χ4n) is 0.924. The molecule has 0 radical (unpaired) electrons. The first-order chi connectivity index (χ1) is 8.60. The largest absolute Gasteiger partial charge is 0.475 e. The SMILES string of the molecule is [2H]OP(=O)(O)OC[C@@H](O)[C@@H](O)[C@H](O)CC(=O)C(=O)O. The number of phosphoric ester groups is 1. The second kappa shape index (κ2) is 6.90. The zero-order valence-electron chi connectivity index (χ0n) is 9.87. The molecule has 0 aliphatic rings. The van der Waals surface area contributed by atoms with Crippen molar-refractivity contribution in [1.29, 1.82) is 1.43 Å². The van der Waals surface area contributed by atoms with Gasteiger partial charge in [-0.25, -0.2) is 9.36 Å². The Kier molecular flexibility index (Phi) is 5.82. The second-order valence-electron chi connectivity index (χ2n) is 3.32. The van der Waals surface area contributed by atoms with Crippen molar-refractivity contribution in [2.45, 2.75) is 24.7 Å². The predicted molar refractivity (Wildman–Crippen MR) is 53.3 cm³/mol. The van der Waals surface area contributed by atoms with Crippen LogP contribution in [0.4, 0.5) is 0 Å². The number of carbonyl (C=O) groups is 2. The molecule has 0 amide bonds. The maximum absolute atomic E-state index is 10.7. The molecule has 0 saturated heterocycles. The monoisotopic (exact) mass is 289 g/mol. The molecule has 0 bridgehead atoms. The molecule has 18 heavy (non-hydrogen) atoms. The highest BCUT2D eigenvalue weighted by atomic mass is 31.2. The smallest absolute Gasteiger partial charge is 0.469 e. The Hall–Kier alpha value is -0.870. The molecule has 4 atom stereocenters. The van der Waals surface area contributed by atoms with Crippen LogP contribution in [0.1, 0.15) is 6.42 Å². The number of carbonyl (C=O) groups excluding carboxylic acids is 1. The molecule has 10 nitrogen and oxygen atoms in total. The number of carboxylic acids is 1. The van der Waals surface area contributed by atoms with Gasteiger partial charge in [-0.15, -0.1) is 0 Å². The van der Waals surface area contributed by atoms with E-state index in [-0.39, 0.29) is 0 Å². The molecule has 106 valence electrons. The molecule has 0 aliphatic heterocycles. The van der Waals surface area contributed by atoms with E-state index in [2.05, 4.69) is 9.42 Å². The Morgan fingerprint density at radius 2 is 1.83 bits per heavy atom. The van der Waals surface area contributed by atoms with E-state index >= 15 is 0 Å². The van der Waals surface area contributed by atoms with E-state index < -0.39 is 50.9 Å². The van der Waals surface area contributed by atoms with Crippen LogP contribution in [-0.4, -0.2) is 68.3 Å². The quantitative estimate of drug-likeness (QED) is 0.192. The van der Waals surface area contributed by atoms with Crippen LogP contribution in [0.5, 0.6) is 0 Å². The Balaban J connectivity index is 4.32. The molecule has 1 unspecified atom stereocenters. The number of hydrogen-bond donors (Lipinski definition) is 6. The first kappa shape index (κ1) is 15.2. The zero-order valence-corrected chi connectivity index (χ0v) is 9.77. The third-order valence-corrected chi connectivity index (χ3v) is 2.31. The zero-order chi connectivity index (χ0) is 15.2. The lowest BCUT2D eigenvalue weighted by Crippen LogP contribution is -2.41. The first-order valence-electron chi connectivity index (χ1n) is 4.94. The molecule has 0 spiro atoms. The van der Waals surface area contributed by atoms with Gasteiger partial charge in [0.25, 0.3) is 0 Å². The van der Waals surface area contributed by atoms with Gasteiger partial charge in [0.2, 0.25) is 7.21 Å². The van der Waals surface area contributed by atoms with Crippen molar-refractivity contribution >= 4 is 19.6 Å². The topological polar surface area (TPSA) is 182 Å². The normalized spacial score (nSPS) is 20.3. The standard InChI is InChI=1S/C7H13O10P/c8-3(1-4(9)7(12)13)6(11)5(10)2-17-18(14,15)16/h3,5-6,8,10-11H,1-2H2,(H,12,13)(H2,14,15,16)/t3-,5-,6+/m1/s1/i/hD. The van der Waals surface area contributed by atoms with Crippen molar-refractivity contribution in [3.05, 3.63) is 0 Å². The average Bonchev–Trinajstić information content (AvgIpc) is 2.34. The van der Waals surface area contributed by atoms with Gasteiger partial charge in [0, 0.05) is 6.42 Å². The number of rotatable bonds is 9. The van der Waals surface area contributed by atoms with Crippen molar-refractivity contribution < 1.29 is 48.9 Å². The lowest BCUT2D eigenvalue weighted by atomic mass is 10.0. The number of ketones is 1.